The van der Waals surface area contributed by atoms with Crippen LogP contribution < -0.4 is 10.1 Å². The fraction of sp³-hybridized carbons (Fsp3) is 0.148. The number of pyridine rings is 1. The van der Waals surface area contributed by atoms with E-state index in [0.29, 0.717) is 24.5 Å². The first-order valence-electron chi connectivity index (χ1n) is 10.9. The van der Waals surface area contributed by atoms with Crippen molar-refractivity contribution in [1.82, 2.24) is 9.88 Å². The fourth-order valence-electron chi connectivity index (χ4n) is 3.44. The molecule has 2 amide bonds. The minimum atomic E-state index is -0.362. The summed E-state index contributed by atoms with van der Waals surface area (Å²) in [6, 6.07) is 21.9. The topological polar surface area (TPSA) is 84.7 Å². The maximum absolute atomic E-state index is 13.2. The van der Waals surface area contributed by atoms with Gasteiger partial charge < -0.3 is 19.4 Å². The largest absolute Gasteiger partial charge is 0.484 e. The lowest BCUT2D eigenvalue weighted by atomic mass is 10.1. The molecule has 0 fully saturated rings. The maximum Gasteiger partial charge on any atom is 0.291 e. The molecule has 7 nitrogen and oxygen atoms in total. The van der Waals surface area contributed by atoms with E-state index in [9.17, 15) is 9.59 Å². The number of amides is 2. The number of nitrogens with one attached hydrogen (secondary N) is 1. The number of benzene rings is 2. The highest BCUT2D eigenvalue weighted by Gasteiger charge is 2.17. The Morgan fingerprint density at radius 2 is 1.88 bits per heavy atom. The molecule has 1 N–H and O–H groups in total. The van der Waals surface area contributed by atoms with Gasteiger partial charge in [0, 0.05) is 37.2 Å². The highest BCUT2D eigenvalue weighted by molar-refractivity contribution is 6.02. The Morgan fingerprint density at radius 3 is 2.65 bits per heavy atom. The number of aromatic nitrogens is 1. The van der Waals surface area contributed by atoms with E-state index in [1.165, 1.54) is 6.26 Å². The Morgan fingerprint density at radius 1 is 1.00 bits per heavy atom. The van der Waals surface area contributed by atoms with E-state index < -0.39 is 0 Å². The second kappa shape index (κ2) is 11.0. The number of aryl methyl sites for hydroxylation is 1. The van der Waals surface area contributed by atoms with E-state index >= 15 is 0 Å². The van der Waals surface area contributed by atoms with Crippen LogP contribution >= 0.6 is 0 Å². The summed E-state index contributed by atoms with van der Waals surface area (Å²) in [5.74, 6) is 0.169. The lowest BCUT2D eigenvalue weighted by Gasteiger charge is -2.24. The van der Waals surface area contributed by atoms with Gasteiger partial charge in [-0.3, -0.25) is 14.6 Å². The van der Waals surface area contributed by atoms with Crippen LogP contribution in [0.2, 0.25) is 0 Å². The van der Waals surface area contributed by atoms with Crippen molar-refractivity contribution in [2.45, 2.75) is 20.0 Å². The molecule has 0 spiro atoms. The highest BCUT2D eigenvalue weighted by Crippen LogP contribution is 2.19. The molecule has 0 saturated carbocycles. The van der Waals surface area contributed by atoms with E-state index in [4.69, 9.17) is 9.15 Å². The first-order valence-corrected chi connectivity index (χ1v) is 10.9. The third kappa shape index (κ3) is 6.10. The van der Waals surface area contributed by atoms with Crippen molar-refractivity contribution in [3.05, 3.63) is 114 Å². The molecule has 0 bridgehead atoms. The molecule has 4 aromatic rings. The van der Waals surface area contributed by atoms with Crippen molar-refractivity contribution in [2.24, 2.45) is 0 Å². The first kappa shape index (κ1) is 22.8. The van der Waals surface area contributed by atoms with Crippen molar-refractivity contribution >= 4 is 17.5 Å². The number of nitrogens with zero attached hydrogens (tertiary/aromatic N) is 2. The fourth-order valence-corrected chi connectivity index (χ4v) is 3.44. The molecule has 34 heavy (non-hydrogen) atoms. The second-order valence-electron chi connectivity index (χ2n) is 7.79. The standard InChI is InChI=1S/C27H25N3O4/c1-20-7-2-3-9-22(20)18-30(17-21-8-5-13-28-16-21)26(31)19-34-24-11-4-10-23(15-24)29-27(32)25-12-6-14-33-25/h2-16H,17-19H2,1H3,(H,29,32). The van der Waals surface area contributed by atoms with Gasteiger partial charge in [-0.15, -0.1) is 0 Å². The third-order valence-corrected chi connectivity index (χ3v) is 5.27. The molecular formula is C27H25N3O4. The van der Waals surface area contributed by atoms with E-state index in [-0.39, 0.29) is 24.2 Å². The van der Waals surface area contributed by atoms with Crippen LogP contribution in [0.1, 0.15) is 27.2 Å². The molecular weight excluding hydrogens is 430 g/mol. The monoisotopic (exact) mass is 455 g/mol. The van der Waals surface area contributed by atoms with Gasteiger partial charge >= 0.3 is 0 Å². The van der Waals surface area contributed by atoms with Crippen LogP contribution in [-0.4, -0.2) is 28.3 Å². The van der Waals surface area contributed by atoms with Gasteiger partial charge in [-0.2, -0.15) is 0 Å². The number of carbonyl (C=O) groups excluding carboxylic acids is 2. The van der Waals surface area contributed by atoms with Crippen molar-refractivity contribution in [3.63, 3.8) is 0 Å². The smallest absolute Gasteiger partial charge is 0.291 e. The summed E-state index contributed by atoms with van der Waals surface area (Å²) in [7, 11) is 0. The van der Waals surface area contributed by atoms with E-state index in [0.717, 1.165) is 16.7 Å². The molecule has 7 heteroatoms. The van der Waals surface area contributed by atoms with E-state index in [2.05, 4.69) is 10.3 Å². The second-order valence-corrected chi connectivity index (χ2v) is 7.79. The van der Waals surface area contributed by atoms with Crippen LogP contribution in [0.5, 0.6) is 5.75 Å². The minimum absolute atomic E-state index is 0.137. The number of rotatable bonds is 9. The van der Waals surface area contributed by atoms with Crippen molar-refractivity contribution in [3.8, 4) is 5.75 Å². The lowest BCUT2D eigenvalue weighted by molar-refractivity contribution is -0.134. The number of hydrogen-bond donors (Lipinski definition) is 1. The van der Waals surface area contributed by atoms with Crippen molar-refractivity contribution in [1.29, 1.82) is 0 Å². The highest BCUT2D eigenvalue weighted by atomic mass is 16.5. The zero-order valence-electron chi connectivity index (χ0n) is 18.8. The van der Waals surface area contributed by atoms with Gasteiger partial charge in [0.25, 0.3) is 11.8 Å². The summed E-state index contributed by atoms with van der Waals surface area (Å²) in [6.45, 7) is 2.77. The Labute approximate surface area is 198 Å². The van der Waals surface area contributed by atoms with Gasteiger partial charge in [-0.25, -0.2) is 0 Å². The van der Waals surface area contributed by atoms with E-state index in [1.54, 1.807) is 53.7 Å². The zero-order chi connectivity index (χ0) is 23.8. The number of carbonyl (C=O) groups is 2. The zero-order valence-corrected chi connectivity index (χ0v) is 18.8. The summed E-state index contributed by atoms with van der Waals surface area (Å²) < 4.78 is 10.9. The molecule has 0 aliphatic rings. The molecule has 2 heterocycles. The van der Waals surface area contributed by atoms with Gasteiger partial charge in [-0.05, 0) is 53.9 Å². The molecule has 172 valence electrons. The SMILES string of the molecule is Cc1ccccc1CN(Cc1cccnc1)C(=O)COc1cccc(NC(=O)c2ccco2)c1. The predicted molar refractivity (Wildman–Crippen MR) is 128 cm³/mol. The summed E-state index contributed by atoms with van der Waals surface area (Å²) in [5, 5.41) is 2.75. The number of hydrogen-bond acceptors (Lipinski definition) is 5. The van der Waals surface area contributed by atoms with Crippen LogP contribution in [0.4, 0.5) is 5.69 Å². The van der Waals surface area contributed by atoms with Gasteiger partial charge in [0.1, 0.15) is 5.75 Å². The Bertz CT molecular complexity index is 1240. The molecule has 0 aliphatic carbocycles. The summed E-state index contributed by atoms with van der Waals surface area (Å²) in [6.07, 6.45) is 4.90. The van der Waals surface area contributed by atoms with Crippen LogP contribution in [0.25, 0.3) is 0 Å². The third-order valence-electron chi connectivity index (χ3n) is 5.27. The molecule has 0 saturated heterocycles. The number of ether oxygens (including phenoxy) is 1. The molecule has 0 atom stereocenters. The molecule has 2 aromatic carbocycles. The molecule has 4 rings (SSSR count). The quantitative estimate of drug-likeness (QED) is 0.390. The van der Waals surface area contributed by atoms with E-state index in [1.807, 2.05) is 43.3 Å². The van der Waals surface area contributed by atoms with Gasteiger partial charge in [0.05, 0.1) is 6.26 Å². The van der Waals surface area contributed by atoms with Gasteiger partial charge in [-0.1, -0.05) is 36.4 Å². The summed E-state index contributed by atoms with van der Waals surface area (Å²) >= 11 is 0. The average molecular weight is 456 g/mol. The van der Waals surface area contributed by atoms with Crippen LogP contribution in [0.15, 0.2) is 95.9 Å². The van der Waals surface area contributed by atoms with Crippen molar-refractivity contribution in [2.75, 3.05) is 11.9 Å². The molecule has 0 aliphatic heterocycles. The number of anilines is 1. The summed E-state index contributed by atoms with van der Waals surface area (Å²) in [4.78, 5) is 31.3. The lowest BCUT2D eigenvalue weighted by Crippen LogP contribution is -2.34. The average Bonchev–Trinajstić information content (AvgIpc) is 3.40. The van der Waals surface area contributed by atoms with Crippen molar-refractivity contribution < 1.29 is 18.7 Å². The Balaban J connectivity index is 1.43. The minimum Gasteiger partial charge on any atom is -0.484 e. The summed E-state index contributed by atoms with van der Waals surface area (Å²) in [5.41, 5.74) is 3.67. The Hall–Kier alpha value is -4.39. The van der Waals surface area contributed by atoms with Crippen LogP contribution in [0.3, 0.4) is 0 Å². The normalized spacial score (nSPS) is 10.5. The molecule has 2 aromatic heterocycles. The molecule has 0 radical (unpaired) electrons. The Kier molecular flexibility index (Phi) is 7.35. The first-order chi connectivity index (χ1) is 16.6. The van der Waals surface area contributed by atoms with Gasteiger partial charge in [0.15, 0.2) is 12.4 Å². The molecule has 0 unspecified atom stereocenters. The van der Waals surface area contributed by atoms with Crippen LogP contribution in [0, 0.1) is 6.92 Å². The maximum atomic E-state index is 13.2. The van der Waals surface area contributed by atoms with Crippen LogP contribution in [-0.2, 0) is 17.9 Å². The predicted octanol–water partition coefficient (Wildman–Crippen LogP) is 4.84. The van der Waals surface area contributed by atoms with Gasteiger partial charge in [0.2, 0.25) is 0 Å². The number of furan rings is 1.